The van der Waals surface area contributed by atoms with Crippen molar-refractivity contribution in [3.05, 3.63) is 59.2 Å². The molecule has 0 saturated heterocycles. The molecule has 4 heteroatoms. The molecule has 0 aliphatic heterocycles. The lowest BCUT2D eigenvalue weighted by atomic mass is 9.92. The Bertz CT molecular complexity index is 750. The third-order valence-electron chi connectivity index (χ3n) is 4.27. The Balaban J connectivity index is 2.09. The summed E-state index contributed by atoms with van der Waals surface area (Å²) in [6.07, 6.45) is 0. The maximum absolute atomic E-state index is 12.4. The Labute approximate surface area is 155 Å². The van der Waals surface area contributed by atoms with Gasteiger partial charge in [0, 0.05) is 11.3 Å². The van der Waals surface area contributed by atoms with Crippen LogP contribution < -0.4 is 10.1 Å². The molecule has 0 aliphatic rings. The van der Waals surface area contributed by atoms with E-state index in [1.165, 1.54) is 6.92 Å². The standard InChI is InChI=1S/C22H27NO3/c1-14(2)19-7-6-8-20(15(3)4)22(19)23-21(25)13-26-18-11-9-17(10-12-18)16(5)24/h6-12,14-15H,13H2,1-5H3,(H,23,25). The van der Waals surface area contributed by atoms with Crippen molar-refractivity contribution in [3.63, 3.8) is 0 Å². The van der Waals surface area contributed by atoms with E-state index in [0.717, 1.165) is 16.8 Å². The number of ether oxygens (including phenoxy) is 1. The van der Waals surface area contributed by atoms with Gasteiger partial charge in [-0.1, -0.05) is 45.9 Å². The van der Waals surface area contributed by atoms with Gasteiger partial charge in [0.2, 0.25) is 0 Å². The zero-order valence-electron chi connectivity index (χ0n) is 16.1. The van der Waals surface area contributed by atoms with E-state index >= 15 is 0 Å². The van der Waals surface area contributed by atoms with Crippen molar-refractivity contribution in [2.24, 2.45) is 0 Å². The summed E-state index contributed by atoms with van der Waals surface area (Å²) in [5.74, 6) is 0.982. The number of nitrogens with one attached hydrogen (secondary N) is 1. The molecule has 0 bridgehead atoms. The van der Waals surface area contributed by atoms with Gasteiger partial charge in [0.15, 0.2) is 12.4 Å². The minimum absolute atomic E-state index is 0.000741. The first-order chi connectivity index (χ1) is 12.3. The molecule has 26 heavy (non-hydrogen) atoms. The minimum atomic E-state index is -0.198. The largest absolute Gasteiger partial charge is 0.484 e. The molecule has 1 amide bonds. The van der Waals surface area contributed by atoms with Crippen LogP contribution in [0.2, 0.25) is 0 Å². The summed E-state index contributed by atoms with van der Waals surface area (Å²) in [7, 11) is 0. The van der Waals surface area contributed by atoms with Crippen LogP contribution in [0.4, 0.5) is 5.69 Å². The van der Waals surface area contributed by atoms with Crippen molar-refractivity contribution >= 4 is 17.4 Å². The highest BCUT2D eigenvalue weighted by Crippen LogP contribution is 2.32. The molecular weight excluding hydrogens is 326 g/mol. The molecule has 0 saturated carbocycles. The van der Waals surface area contributed by atoms with Crippen molar-refractivity contribution < 1.29 is 14.3 Å². The molecule has 0 heterocycles. The van der Waals surface area contributed by atoms with E-state index in [4.69, 9.17) is 4.74 Å². The highest BCUT2D eigenvalue weighted by molar-refractivity contribution is 5.94. The minimum Gasteiger partial charge on any atom is -0.484 e. The zero-order chi connectivity index (χ0) is 19.3. The Morgan fingerprint density at radius 2 is 1.46 bits per heavy atom. The van der Waals surface area contributed by atoms with Gasteiger partial charge in [-0.25, -0.2) is 0 Å². The normalized spacial score (nSPS) is 10.9. The second-order valence-electron chi connectivity index (χ2n) is 7.04. The van der Waals surface area contributed by atoms with Crippen LogP contribution in [-0.2, 0) is 4.79 Å². The van der Waals surface area contributed by atoms with Crippen LogP contribution >= 0.6 is 0 Å². The first kappa shape index (κ1) is 19.7. The molecule has 0 radical (unpaired) electrons. The third-order valence-corrected chi connectivity index (χ3v) is 4.27. The monoisotopic (exact) mass is 353 g/mol. The maximum Gasteiger partial charge on any atom is 0.262 e. The van der Waals surface area contributed by atoms with Crippen LogP contribution in [0.1, 0.15) is 67.9 Å². The number of carbonyl (C=O) groups excluding carboxylic acids is 2. The maximum atomic E-state index is 12.4. The molecule has 138 valence electrons. The second-order valence-corrected chi connectivity index (χ2v) is 7.04. The number of benzene rings is 2. The van der Waals surface area contributed by atoms with Gasteiger partial charge in [0.25, 0.3) is 5.91 Å². The summed E-state index contributed by atoms with van der Waals surface area (Å²) in [5.41, 5.74) is 3.75. The molecule has 0 spiro atoms. The number of ketones is 1. The van der Waals surface area contributed by atoms with Gasteiger partial charge in [-0.15, -0.1) is 0 Å². The predicted octanol–water partition coefficient (Wildman–Crippen LogP) is 5.15. The van der Waals surface area contributed by atoms with E-state index in [1.807, 2.05) is 18.2 Å². The molecule has 0 aromatic heterocycles. The van der Waals surface area contributed by atoms with Crippen LogP contribution in [0.25, 0.3) is 0 Å². The number of amides is 1. The van der Waals surface area contributed by atoms with Crippen LogP contribution in [0, 0.1) is 0 Å². The Kier molecular flexibility index (Phi) is 6.56. The molecule has 4 nitrogen and oxygen atoms in total. The van der Waals surface area contributed by atoms with Crippen molar-refractivity contribution in [1.82, 2.24) is 0 Å². The quantitative estimate of drug-likeness (QED) is 0.700. The van der Waals surface area contributed by atoms with E-state index < -0.39 is 0 Å². The SMILES string of the molecule is CC(=O)c1ccc(OCC(=O)Nc2c(C(C)C)cccc2C(C)C)cc1. The molecule has 2 aromatic carbocycles. The number of hydrogen-bond donors (Lipinski definition) is 1. The van der Waals surface area contributed by atoms with Gasteiger partial charge >= 0.3 is 0 Å². The van der Waals surface area contributed by atoms with Crippen molar-refractivity contribution in [2.45, 2.75) is 46.5 Å². The van der Waals surface area contributed by atoms with Gasteiger partial charge in [0.1, 0.15) is 5.75 Å². The first-order valence-electron chi connectivity index (χ1n) is 8.96. The van der Waals surface area contributed by atoms with Crippen LogP contribution in [-0.4, -0.2) is 18.3 Å². The zero-order valence-corrected chi connectivity index (χ0v) is 16.1. The smallest absolute Gasteiger partial charge is 0.262 e. The number of para-hydroxylation sites is 1. The number of carbonyl (C=O) groups is 2. The van der Waals surface area contributed by atoms with Crippen molar-refractivity contribution in [2.75, 3.05) is 11.9 Å². The number of rotatable bonds is 7. The molecule has 2 aromatic rings. The van der Waals surface area contributed by atoms with E-state index in [1.54, 1.807) is 24.3 Å². The number of hydrogen-bond acceptors (Lipinski definition) is 3. The van der Waals surface area contributed by atoms with E-state index in [0.29, 0.717) is 23.1 Å². The highest BCUT2D eigenvalue weighted by atomic mass is 16.5. The first-order valence-corrected chi connectivity index (χ1v) is 8.96. The molecular formula is C22H27NO3. The third kappa shape index (κ3) is 4.94. The Hall–Kier alpha value is -2.62. The van der Waals surface area contributed by atoms with Gasteiger partial charge in [0.05, 0.1) is 0 Å². The summed E-state index contributed by atoms with van der Waals surface area (Å²) >= 11 is 0. The van der Waals surface area contributed by atoms with Crippen LogP contribution in [0.3, 0.4) is 0 Å². The van der Waals surface area contributed by atoms with Crippen LogP contribution in [0.5, 0.6) is 5.75 Å². The number of anilines is 1. The Morgan fingerprint density at radius 3 is 1.92 bits per heavy atom. The fraction of sp³-hybridized carbons (Fsp3) is 0.364. The fourth-order valence-electron chi connectivity index (χ4n) is 2.81. The summed E-state index contributed by atoms with van der Waals surface area (Å²) < 4.78 is 5.55. The molecule has 2 rings (SSSR count). The van der Waals surface area contributed by atoms with Gasteiger partial charge in [-0.3, -0.25) is 9.59 Å². The van der Waals surface area contributed by atoms with E-state index in [-0.39, 0.29) is 18.3 Å². The predicted molar refractivity (Wildman–Crippen MR) is 105 cm³/mol. The molecule has 0 aliphatic carbocycles. The van der Waals surface area contributed by atoms with Crippen molar-refractivity contribution in [3.8, 4) is 5.75 Å². The summed E-state index contributed by atoms with van der Waals surface area (Å²) in [6.45, 7) is 9.89. The number of Topliss-reactive ketones (excluding diaryl/α,β-unsaturated/α-hetero) is 1. The van der Waals surface area contributed by atoms with E-state index in [2.05, 4.69) is 33.0 Å². The van der Waals surface area contributed by atoms with Gasteiger partial charge in [-0.2, -0.15) is 0 Å². The van der Waals surface area contributed by atoms with Crippen LogP contribution in [0.15, 0.2) is 42.5 Å². The van der Waals surface area contributed by atoms with Crippen molar-refractivity contribution in [1.29, 1.82) is 0 Å². The van der Waals surface area contributed by atoms with Gasteiger partial charge < -0.3 is 10.1 Å². The summed E-state index contributed by atoms with van der Waals surface area (Å²) in [4.78, 5) is 23.7. The molecule has 1 N–H and O–H groups in total. The fourth-order valence-corrected chi connectivity index (χ4v) is 2.81. The lowest BCUT2D eigenvalue weighted by molar-refractivity contribution is -0.118. The second kappa shape index (κ2) is 8.65. The molecule has 0 unspecified atom stereocenters. The lowest BCUT2D eigenvalue weighted by Crippen LogP contribution is -2.22. The molecule has 0 atom stereocenters. The van der Waals surface area contributed by atoms with E-state index in [9.17, 15) is 9.59 Å². The topological polar surface area (TPSA) is 55.4 Å². The summed E-state index contributed by atoms with van der Waals surface area (Å²) in [5, 5.41) is 3.02. The molecule has 0 fully saturated rings. The average molecular weight is 353 g/mol. The summed E-state index contributed by atoms with van der Waals surface area (Å²) in [6, 6.07) is 12.9. The highest BCUT2D eigenvalue weighted by Gasteiger charge is 2.16. The lowest BCUT2D eigenvalue weighted by Gasteiger charge is -2.20. The average Bonchev–Trinajstić information content (AvgIpc) is 2.60. The Morgan fingerprint density at radius 1 is 0.923 bits per heavy atom. The van der Waals surface area contributed by atoms with Gasteiger partial charge in [-0.05, 0) is 54.2 Å².